The number of anilines is 4. The summed E-state index contributed by atoms with van der Waals surface area (Å²) in [5, 5.41) is 8.72. The van der Waals surface area contributed by atoms with Gasteiger partial charge in [-0.2, -0.15) is 0 Å². The first kappa shape index (κ1) is 18.1. The third-order valence-corrected chi connectivity index (χ3v) is 3.90. The summed E-state index contributed by atoms with van der Waals surface area (Å²) in [7, 11) is 0. The highest BCUT2D eigenvalue weighted by atomic mass is 16.2. The first-order valence-corrected chi connectivity index (χ1v) is 8.49. The van der Waals surface area contributed by atoms with Crippen LogP contribution in [0.2, 0.25) is 0 Å². The molecule has 0 spiro atoms. The van der Waals surface area contributed by atoms with Gasteiger partial charge >= 0.3 is 0 Å². The average molecular weight is 360 g/mol. The van der Waals surface area contributed by atoms with Gasteiger partial charge in [0.1, 0.15) is 5.82 Å². The summed E-state index contributed by atoms with van der Waals surface area (Å²) in [5.41, 5.74) is 3.85. The molecular weight excluding hydrogens is 340 g/mol. The molecule has 2 aromatic carbocycles. The smallest absolute Gasteiger partial charge is 0.257 e. The third-order valence-electron chi connectivity index (χ3n) is 3.90. The standard InChI is InChI=1S/C21H20N4O2/c1-14-5-3-4-6-19(14)25-20-12-7-16(13-22-20)21(27)24-18-10-8-17(9-11-18)23-15(2)26/h3-13H,1-2H3,(H,22,25)(H,23,26)(H,24,27). The predicted molar refractivity (Wildman–Crippen MR) is 107 cm³/mol. The maximum Gasteiger partial charge on any atom is 0.257 e. The number of pyridine rings is 1. The van der Waals surface area contributed by atoms with Crippen LogP contribution in [0.15, 0.2) is 66.9 Å². The maximum absolute atomic E-state index is 12.4. The maximum atomic E-state index is 12.4. The van der Waals surface area contributed by atoms with Crippen LogP contribution in [0.4, 0.5) is 22.9 Å². The van der Waals surface area contributed by atoms with Gasteiger partial charge < -0.3 is 16.0 Å². The molecule has 2 amide bonds. The first-order valence-electron chi connectivity index (χ1n) is 8.49. The number of hydrogen-bond donors (Lipinski definition) is 3. The van der Waals surface area contributed by atoms with E-state index in [1.165, 1.54) is 13.1 Å². The van der Waals surface area contributed by atoms with E-state index >= 15 is 0 Å². The Morgan fingerprint density at radius 2 is 1.52 bits per heavy atom. The van der Waals surface area contributed by atoms with Crippen LogP contribution in [0.5, 0.6) is 0 Å². The molecular formula is C21H20N4O2. The SMILES string of the molecule is CC(=O)Nc1ccc(NC(=O)c2ccc(Nc3ccccc3C)nc2)cc1. The van der Waals surface area contributed by atoms with Crippen molar-refractivity contribution in [3.63, 3.8) is 0 Å². The Balaban J connectivity index is 1.63. The molecule has 1 heterocycles. The van der Waals surface area contributed by atoms with E-state index < -0.39 is 0 Å². The van der Waals surface area contributed by atoms with E-state index in [1.54, 1.807) is 36.4 Å². The number of para-hydroxylation sites is 1. The number of nitrogens with one attached hydrogen (secondary N) is 3. The van der Waals surface area contributed by atoms with E-state index in [2.05, 4.69) is 20.9 Å². The van der Waals surface area contributed by atoms with E-state index in [0.717, 1.165) is 11.3 Å². The number of nitrogens with zero attached hydrogens (tertiary/aromatic N) is 1. The minimum atomic E-state index is -0.253. The quantitative estimate of drug-likeness (QED) is 0.632. The fourth-order valence-electron chi connectivity index (χ4n) is 2.50. The zero-order valence-electron chi connectivity index (χ0n) is 15.1. The van der Waals surface area contributed by atoms with E-state index in [4.69, 9.17) is 0 Å². The topological polar surface area (TPSA) is 83.1 Å². The van der Waals surface area contributed by atoms with Crippen molar-refractivity contribution >= 4 is 34.7 Å². The van der Waals surface area contributed by atoms with Gasteiger partial charge in [0, 0.05) is 30.2 Å². The van der Waals surface area contributed by atoms with Gasteiger partial charge in [0.25, 0.3) is 5.91 Å². The highest BCUT2D eigenvalue weighted by Gasteiger charge is 2.08. The summed E-state index contributed by atoms with van der Waals surface area (Å²) in [6.07, 6.45) is 1.53. The largest absolute Gasteiger partial charge is 0.340 e. The fraction of sp³-hybridized carbons (Fsp3) is 0.0952. The molecule has 3 aromatic rings. The van der Waals surface area contributed by atoms with Crippen molar-refractivity contribution in [2.45, 2.75) is 13.8 Å². The Hall–Kier alpha value is -3.67. The highest BCUT2D eigenvalue weighted by Crippen LogP contribution is 2.19. The molecule has 27 heavy (non-hydrogen) atoms. The number of benzene rings is 2. The van der Waals surface area contributed by atoms with Crippen LogP contribution in [-0.2, 0) is 4.79 Å². The van der Waals surface area contributed by atoms with Gasteiger partial charge in [-0.1, -0.05) is 18.2 Å². The van der Waals surface area contributed by atoms with Crippen molar-refractivity contribution in [1.82, 2.24) is 4.98 Å². The summed E-state index contributed by atoms with van der Waals surface area (Å²) >= 11 is 0. The van der Waals surface area contributed by atoms with Crippen LogP contribution in [-0.4, -0.2) is 16.8 Å². The third kappa shape index (κ3) is 4.92. The average Bonchev–Trinajstić information content (AvgIpc) is 2.65. The summed E-state index contributed by atoms with van der Waals surface area (Å²) in [6.45, 7) is 3.46. The van der Waals surface area contributed by atoms with Gasteiger partial charge in [0.05, 0.1) is 5.56 Å². The second-order valence-corrected chi connectivity index (χ2v) is 6.08. The number of amides is 2. The lowest BCUT2D eigenvalue weighted by atomic mass is 10.2. The number of carbonyl (C=O) groups excluding carboxylic acids is 2. The second kappa shape index (κ2) is 8.14. The van der Waals surface area contributed by atoms with Crippen molar-refractivity contribution in [2.24, 2.45) is 0 Å². The Kier molecular flexibility index (Phi) is 5.47. The number of carbonyl (C=O) groups is 2. The van der Waals surface area contributed by atoms with Crippen LogP contribution >= 0.6 is 0 Å². The molecule has 1 aromatic heterocycles. The Morgan fingerprint density at radius 3 is 2.11 bits per heavy atom. The molecule has 6 heteroatoms. The number of aryl methyl sites for hydroxylation is 1. The van der Waals surface area contributed by atoms with Gasteiger partial charge in [-0.3, -0.25) is 9.59 Å². The van der Waals surface area contributed by atoms with E-state index in [-0.39, 0.29) is 11.8 Å². The van der Waals surface area contributed by atoms with Crippen molar-refractivity contribution in [1.29, 1.82) is 0 Å². The lowest BCUT2D eigenvalue weighted by Crippen LogP contribution is -2.12. The zero-order chi connectivity index (χ0) is 19.2. The zero-order valence-corrected chi connectivity index (χ0v) is 15.1. The van der Waals surface area contributed by atoms with Crippen molar-refractivity contribution in [3.8, 4) is 0 Å². The van der Waals surface area contributed by atoms with Gasteiger partial charge in [-0.05, 0) is 55.0 Å². The van der Waals surface area contributed by atoms with Crippen molar-refractivity contribution in [2.75, 3.05) is 16.0 Å². The molecule has 0 saturated carbocycles. The van der Waals surface area contributed by atoms with Gasteiger partial charge in [-0.15, -0.1) is 0 Å². The predicted octanol–water partition coefficient (Wildman–Crippen LogP) is 4.34. The molecule has 0 fully saturated rings. The number of aromatic nitrogens is 1. The Labute approximate surface area is 157 Å². The molecule has 6 nitrogen and oxygen atoms in total. The summed E-state index contributed by atoms with van der Waals surface area (Å²) in [4.78, 5) is 27.7. The van der Waals surface area contributed by atoms with Crippen LogP contribution in [0.1, 0.15) is 22.8 Å². The Morgan fingerprint density at radius 1 is 0.852 bits per heavy atom. The molecule has 0 atom stereocenters. The molecule has 0 aliphatic heterocycles. The molecule has 0 bridgehead atoms. The fourth-order valence-corrected chi connectivity index (χ4v) is 2.50. The second-order valence-electron chi connectivity index (χ2n) is 6.08. The van der Waals surface area contributed by atoms with Crippen LogP contribution in [0, 0.1) is 6.92 Å². The molecule has 3 rings (SSSR count). The molecule has 0 aliphatic carbocycles. The molecule has 3 N–H and O–H groups in total. The summed E-state index contributed by atoms with van der Waals surface area (Å²) < 4.78 is 0. The number of hydrogen-bond acceptors (Lipinski definition) is 4. The Bertz CT molecular complexity index is 951. The highest BCUT2D eigenvalue weighted by molar-refractivity contribution is 6.04. The molecule has 0 unspecified atom stereocenters. The summed E-state index contributed by atoms with van der Waals surface area (Å²) in [5.74, 6) is 0.273. The van der Waals surface area contributed by atoms with Gasteiger partial charge in [-0.25, -0.2) is 4.98 Å². The lowest BCUT2D eigenvalue weighted by molar-refractivity contribution is -0.114. The van der Waals surface area contributed by atoms with Crippen molar-refractivity contribution < 1.29 is 9.59 Å². The molecule has 136 valence electrons. The van der Waals surface area contributed by atoms with E-state index in [1.807, 2.05) is 31.2 Å². The van der Waals surface area contributed by atoms with Crippen LogP contribution in [0.3, 0.4) is 0 Å². The van der Waals surface area contributed by atoms with Crippen LogP contribution in [0.25, 0.3) is 0 Å². The first-order chi connectivity index (χ1) is 13.0. The minimum Gasteiger partial charge on any atom is -0.340 e. The summed E-state index contributed by atoms with van der Waals surface area (Å²) in [6, 6.07) is 18.3. The van der Waals surface area contributed by atoms with Gasteiger partial charge in [0.2, 0.25) is 5.91 Å². The van der Waals surface area contributed by atoms with Crippen LogP contribution < -0.4 is 16.0 Å². The van der Waals surface area contributed by atoms with E-state index in [0.29, 0.717) is 22.8 Å². The van der Waals surface area contributed by atoms with Crippen molar-refractivity contribution in [3.05, 3.63) is 78.0 Å². The minimum absolute atomic E-state index is 0.141. The van der Waals surface area contributed by atoms with Gasteiger partial charge in [0.15, 0.2) is 0 Å². The molecule has 0 radical (unpaired) electrons. The van der Waals surface area contributed by atoms with E-state index in [9.17, 15) is 9.59 Å². The normalized spacial score (nSPS) is 10.1. The monoisotopic (exact) mass is 360 g/mol. The lowest BCUT2D eigenvalue weighted by Gasteiger charge is -2.10. The number of rotatable bonds is 5. The molecule has 0 saturated heterocycles. The molecule has 0 aliphatic rings.